The minimum Gasteiger partial charge on any atom is -0.312 e. The van der Waals surface area contributed by atoms with Crippen LogP contribution in [0.3, 0.4) is 0 Å². The summed E-state index contributed by atoms with van der Waals surface area (Å²) in [6, 6.07) is 0.473. The Bertz CT molecular complexity index is 270. The Labute approximate surface area is 90.8 Å². The summed E-state index contributed by atoms with van der Waals surface area (Å²) >= 11 is 1.80. The third kappa shape index (κ3) is 2.79. The second-order valence-corrected chi connectivity index (χ2v) is 5.08. The SMILES string of the molecule is CCCC(C)C(NC)c1cnc(C)s1. The summed E-state index contributed by atoms with van der Waals surface area (Å²) < 4.78 is 0. The van der Waals surface area contributed by atoms with E-state index in [-0.39, 0.29) is 0 Å². The molecule has 3 heteroatoms. The van der Waals surface area contributed by atoms with E-state index in [2.05, 4.69) is 31.1 Å². The van der Waals surface area contributed by atoms with Gasteiger partial charge in [0.05, 0.1) is 5.01 Å². The molecule has 0 aliphatic heterocycles. The summed E-state index contributed by atoms with van der Waals surface area (Å²) in [7, 11) is 2.03. The van der Waals surface area contributed by atoms with Crippen LogP contribution < -0.4 is 5.32 Å². The molecule has 2 atom stereocenters. The first kappa shape index (κ1) is 11.7. The fraction of sp³-hybridized carbons (Fsp3) is 0.727. The van der Waals surface area contributed by atoms with Crippen LogP contribution in [-0.2, 0) is 0 Å². The molecule has 0 aliphatic carbocycles. The molecule has 1 N–H and O–H groups in total. The van der Waals surface area contributed by atoms with Crippen molar-refractivity contribution in [1.82, 2.24) is 10.3 Å². The van der Waals surface area contributed by atoms with Crippen LogP contribution in [0.25, 0.3) is 0 Å². The first-order chi connectivity index (χ1) is 6.69. The summed E-state index contributed by atoms with van der Waals surface area (Å²) in [5.41, 5.74) is 0. The standard InChI is InChI=1S/C11H20N2S/c1-5-6-8(2)11(12-4)10-7-13-9(3)14-10/h7-8,11-12H,5-6H2,1-4H3. The summed E-state index contributed by atoms with van der Waals surface area (Å²) in [5.74, 6) is 0.685. The molecule has 0 aliphatic rings. The van der Waals surface area contributed by atoms with E-state index >= 15 is 0 Å². The van der Waals surface area contributed by atoms with Crippen molar-refractivity contribution in [3.8, 4) is 0 Å². The normalized spacial score (nSPS) is 15.4. The Morgan fingerprint density at radius 1 is 1.57 bits per heavy atom. The first-order valence-corrected chi connectivity index (χ1v) is 6.10. The van der Waals surface area contributed by atoms with E-state index in [1.165, 1.54) is 17.7 Å². The molecule has 1 aromatic heterocycles. The predicted octanol–water partition coefficient (Wildman–Crippen LogP) is 3.15. The highest BCUT2D eigenvalue weighted by Gasteiger charge is 2.18. The van der Waals surface area contributed by atoms with Crippen molar-refractivity contribution in [2.24, 2.45) is 5.92 Å². The first-order valence-electron chi connectivity index (χ1n) is 5.28. The smallest absolute Gasteiger partial charge is 0.0897 e. The lowest BCUT2D eigenvalue weighted by Crippen LogP contribution is -2.22. The Balaban J connectivity index is 2.71. The Kier molecular flexibility index (Phi) is 4.55. The topological polar surface area (TPSA) is 24.9 Å². The molecule has 2 unspecified atom stereocenters. The third-order valence-electron chi connectivity index (χ3n) is 2.57. The van der Waals surface area contributed by atoms with Crippen molar-refractivity contribution in [2.75, 3.05) is 7.05 Å². The van der Waals surface area contributed by atoms with Gasteiger partial charge in [-0.05, 0) is 26.3 Å². The zero-order chi connectivity index (χ0) is 10.6. The van der Waals surface area contributed by atoms with Gasteiger partial charge in [0.2, 0.25) is 0 Å². The molecule has 80 valence electrons. The molecule has 1 rings (SSSR count). The van der Waals surface area contributed by atoms with E-state index in [9.17, 15) is 0 Å². The van der Waals surface area contributed by atoms with Gasteiger partial charge in [0.25, 0.3) is 0 Å². The number of nitrogens with zero attached hydrogens (tertiary/aromatic N) is 1. The molecule has 1 heterocycles. The molecular formula is C11H20N2S. The molecule has 0 radical (unpaired) electrons. The van der Waals surface area contributed by atoms with E-state index in [4.69, 9.17) is 0 Å². The van der Waals surface area contributed by atoms with Crippen LogP contribution in [0, 0.1) is 12.8 Å². The summed E-state index contributed by atoms with van der Waals surface area (Å²) in [5, 5.41) is 4.54. The molecule has 1 aromatic rings. The Morgan fingerprint density at radius 2 is 2.29 bits per heavy atom. The lowest BCUT2D eigenvalue weighted by molar-refractivity contribution is 0.388. The van der Waals surface area contributed by atoms with Crippen molar-refractivity contribution in [1.29, 1.82) is 0 Å². The van der Waals surface area contributed by atoms with Gasteiger partial charge in [0.1, 0.15) is 0 Å². The zero-order valence-corrected chi connectivity index (χ0v) is 10.3. The molecular weight excluding hydrogens is 192 g/mol. The highest BCUT2D eigenvalue weighted by atomic mass is 32.1. The van der Waals surface area contributed by atoms with Crippen molar-refractivity contribution in [2.45, 2.75) is 39.7 Å². The lowest BCUT2D eigenvalue weighted by atomic mass is 9.96. The van der Waals surface area contributed by atoms with Crippen molar-refractivity contribution in [3.05, 3.63) is 16.1 Å². The van der Waals surface area contributed by atoms with Gasteiger partial charge in [0, 0.05) is 17.1 Å². The van der Waals surface area contributed by atoms with Crippen molar-refractivity contribution >= 4 is 11.3 Å². The van der Waals surface area contributed by atoms with E-state index in [1.54, 1.807) is 11.3 Å². The van der Waals surface area contributed by atoms with Gasteiger partial charge in [-0.3, -0.25) is 0 Å². The van der Waals surface area contributed by atoms with E-state index in [0.717, 1.165) is 5.01 Å². The van der Waals surface area contributed by atoms with Gasteiger partial charge in [-0.15, -0.1) is 11.3 Å². The van der Waals surface area contributed by atoms with Gasteiger partial charge in [-0.2, -0.15) is 0 Å². The van der Waals surface area contributed by atoms with Gasteiger partial charge >= 0.3 is 0 Å². The number of aromatic nitrogens is 1. The number of thiazole rings is 1. The van der Waals surface area contributed by atoms with Gasteiger partial charge in [-0.1, -0.05) is 20.3 Å². The van der Waals surface area contributed by atoms with E-state index in [1.807, 2.05) is 13.2 Å². The Hall–Kier alpha value is -0.410. The molecule has 0 spiro atoms. The molecule has 0 bridgehead atoms. The number of hydrogen-bond donors (Lipinski definition) is 1. The van der Waals surface area contributed by atoms with Crippen LogP contribution in [0.4, 0.5) is 0 Å². The monoisotopic (exact) mass is 212 g/mol. The van der Waals surface area contributed by atoms with E-state index < -0.39 is 0 Å². The molecule has 0 amide bonds. The van der Waals surface area contributed by atoms with Crippen molar-refractivity contribution in [3.63, 3.8) is 0 Å². The van der Waals surface area contributed by atoms with Crippen LogP contribution in [0.5, 0.6) is 0 Å². The van der Waals surface area contributed by atoms with Crippen LogP contribution >= 0.6 is 11.3 Å². The predicted molar refractivity (Wildman–Crippen MR) is 62.7 cm³/mol. The number of rotatable bonds is 5. The van der Waals surface area contributed by atoms with Gasteiger partial charge < -0.3 is 5.32 Å². The number of hydrogen-bond acceptors (Lipinski definition) is 3. The summed E-state index contributed by atoms with van der Waals surface area (Å²) in [6.07, 6.45) is 4.52. The average Bonchev–Trinajstić information content (AvgIpc) is 2.54. The maximum atomic E-state index is 4.31. The van der Waals surface area contributed by atoms with Crippen LogP contribution in [0.1, 0.15) is 42.6 Å². The summed E-state index contributed by atoms with van der Waals surface area (Å²) in [6.45, 7) is 6.60. The summed E-state index contributed by atoms with van der Waals surface area (Å²) in [4.78, 5) is 5.67. The van der Waals surface area contributed by atoms with Crippen LogP contribution in [0.15, 0.2) is 6.20 Å². The fourth-order valence-corrected chi connectivity index (χ4v) is 2.88. The second kappa shape index (κ2) is 5.47. The molecule has 14 heavy (non-hydrogen) atoms. The maximum absolute atomic E-state index is 4.31. The largest absolute Gasteiger partial charge is 0.312 e. The molecule has 2 nitrogen and oxygen atoms in total. The third-order valence-corrected chi connectivity index (χ3v) is 3.57. The molecule has 0 aromatic carbocycles. The Morgan fingerprint density at radius 3 is 2.71 bits per heavy atom. The average molecular weight is 212 g/mol. The molecule has 0 fully saturated rings. The van der Waals surface area contributed by atoms with Gasteiger partial charge in [0.15, 0.2) is 0 Å². The molecule has 0 saturated heterocycles. The second-order valence-electron chi connectivity index (χ2n) is 3.81. The number of aryl methyl sites for hydroxylation is 1. The van der Waals surface area contributed by atoms with Gasteiger partial charge in [-0.25, -0.2) is 4.98 Å². The fourth-order valence-electron chi connectivity index (χ4n) is 1.85. The maximum Gasteiger partial charge on any atom is 0.0897 e. The minimum absolute atomic E-state index is 0.473. The quantitative estimate of drug-likeness (QED) is 0.811. The molecule has 0 saturated carbocycles. The zero-order valence-electron chi connectivity index (χ0n) is 9.50. The van der Waals surface area contributed by atoms with Crippen molar-refractivity contribution < 1.29 is 0 Å². The highest BCUT2D eigenvalue weighted by molar-refractivity contribution is 7.11. The number of nitrogens with one attached hydrogen (secondary N) is 1. The highest BCUT2D eigenvalue weighted by Crippen LogP contribution is 2.28. The minimum atomic E-state index is 0.473. The van der Waals surface area contributed by atoms with Crippen LogP contribution in [-0.4, -0.2) is 12.0 Å². The van der Waals surface area contributed by atoms with Crippen LogP contribution in [0.2, 0.25) is 0 Å². The lowest BCUT2D eigenvalue weighted by Gasteiger charge is -2.21. The van der Waals surface area contributed by atoms with E-state index in [0.29, 0.717) is 12.0 Å².